The average Bonchev–Trinajstić information content (AvgIpc) is 2.92. The molecule has 1 heterocycles. The second-order valence-electron chi connectivity index (χ2n) is 5.10. The van der Waals surface area contributed by atoms with Gasteiger partial charge in [0.05, 0.1) is 0 Å². The highest BCUT2D eigenvalue weighted by Crippen LogP contribution is 2.40. The molecule has 0 unspecified atom stereocenters. The Bertz CT molecular complexity index is 545. The molecule has 1 saturated heterocycles. The summed E-state index contributed by atoms with van der Waals surface area (Å²) >= 11 is 3.65. The minimum atomic E-state index is 0.207. The van der Waals surface area contributed by atoms with E-state index in [4.69, 9.17) is 0 Å². The fraction of sp³-hybridized carbons (Fsp3) is 0.353. The maximum atomic E-state index is 11.9. The minimum Gasteiger partial charge on any atom is -0.295 e. The second kappa shape index (κ2) is 7.19. The summed E-state index contributed by atoms with van der Waals surface area (Å²) in [5.74, 6) is 2.45. The predicted octanol–water partition coefficient (Wildman–Crippen LogP) is 5.07. The lowest BCUT2D eigenvalue weighted by Crippen LogP contribution is -1.99. The van der Waals surface area contributed by atoms with Gasteiger partial charge in [-0.1, -0.05) is 41.5 Å². The van der Waals surface area contributed by atoms with Crippen LogP contribution in [-0.4, -0.2) is 17.3 Å². The van der Waals surface area contributed by atoms with Crippen molar-refractivity contribution in [3.05, 3.63) is 50.8 Å². The van der Waals surface area contributed by atoms with E-state index in [1.807, 2.05) is 23.5 Å². The molecule has 106 valence electrons. The highest BCUT2D eigenvalue weighted by Gasteiger charge is 2.17. The van der Waals surface area contributed by atoms with Crippen molar-refractivity contribution in [2.24, 2.45) is 0 Å². The number of carbonyl (C=O) groups excluding carboxylic acids is 1. The van der Waals surface area contributed by atoms with Crippen molar-refractivity contribution in [1.29, 1.82) is 0 Å². The van der Waals surface area contributed by atoms with Crippen LogP contribution in [0.3, 0.4) is 0 Å². The first-order chi connectivity index (χ1) is 9.56. The van der Waals surface area contributed by atoms with E-state index in [1.165, 1.54) is 20.9 Å². The lowest BCUT2D eigenvalue weighted by molar-refractivity contribution is -0.113. The van der Waals surface area contributed by atoms with Gasteiger partial charge in [-0.15, -0.1) is 23.5 Å². The van der Waals surface area contributed by atoms with Gasteiger partial charge in [-0.25, -0.2) is 0 Å². The predicted molar refractivity (Wildman–Crippen MR) is 92.1 cm³/mol. The van der Waals surface area contributed by atoms with E-state index in [2.05, 4.69) is 44.2 Å². The molecule has 0 aliphatic carbocycles. The molecule has 0 radical (unpaired) electrons. The number of carbonyl (C=O) groups is 1. The molecular formula is C17H20OS2. The molecule has 3 heteroatoms. The Morgan fingerprint density at radius 2 is 1.75 bits per heavy atom. The van der Waals surface area contributed by atoms with Crippen LogP contribution in [0.1, 0.15) is 31.4 Å². The average molecular weight is 304 g/mol. The van der Waals surface area contributed by atoms with E-state index in [0.29, 0.717) is 0 Å². The molecule has 1 aromatic rings. The zero-order valence-corrected chi connectivity index (χ0v) is 13.9. The monoisotopic (exact) mass is 304 g/mol. The maximum Gasteiger partial charge on any atom is 0.157 e. The lowest BCUT2D eigenvalue weighted by Gasteiger charge is -2.08. The van der Waals surface area contributed by atoms with E-state index >= 15 is 0 Å². The number of hydrogen-bond donors (Lipinski definition) is 0. The van der Waals surface area contributed by atoms with Gasteiger partial charge in [0.15, 0.2) is 5.78 Å². The van der Waals surface area contributed by atoms with Crippen LogP contribution in [0, 0.1) is 6.92 Å². The molecule has 20 heavy (non-hydrogen) atoms. The standard InChI is InChI=1S/C17H20OS2/c1-12-4-6-15(7-5-12)10-13(2)11-16(14(3)18)17-19-8-9-20-17/h4-7,10H,8-9,11H2,1-3H3/b13-10+. The van der Waals surface area contributed by atoms with E-state index in [0.717, 1.165) is 23.5 Å². The third kappa shape index (κ3) is 4.29. The Hall–Kier alpha value is -0.930. The van der Waals surface area contributed by atoms with E-state index < -0.39 is 0 Å². The Labute approximate surface area is 129 Å². The zero-order valence-electron chi connectivity index (χ0n) is 12.2. The van der Waals surface area contributed by atoms with Crippen molar-refractivity contribution >= 4 is 35.4 Å². The van der Waals surface area contributed by atoms with Crippen molar-refractivity contribution in [2.45, 2.75) is 27.2 Å². The Morgan fingerprint density at radius 3 is 2.30 bits per heavy atom. The van der Waals surface area contributed by atoms with Crippen molar-refractivity contribution in [3.63, 3.8) is 0 Å². The van der Waals surface area contributed by atoms with Crippen LogP contribution in [-0.2, 0) is 4.79 Å². The fourth-order valence-corrected chi connectivity index (χ4v) is 4.75. The Balaban J connectivity index is 2.16. The molecule has 1 aliphatic heterocycles. The van der Waals surface area contributed by atoms with Crippen LogP contribution in [0.15, 0.2) is 39.6 Å². The summed E-state index contributed by atoms with van der Waals surface area (Å²) in [5, 5.41) is 0. The molecule has 1 aliphatic rings. The number of ketones is 1. The van der Waals surface area contributed by atoms with Gasteiger partial charge in [-0.05, 0) is 32.8 Å². The van der Waals surface area contributed by atoms with E-state index in [1.54, 1.807) is 6.92 Å². The molecule has 0 bridgehead atoms. The van der Waals surface area contributed by atoms with Gasteiger partial charge in [0, 0.05) is 21.3 Å². The van der Waals surface area contributed by atoms with Gasteiger partial charge in [-0.2, -0.15) is 0 Å². The first kappa shape index (κ1) is 15.5. The summed E-state index contributed by atoms with van der Waals surface area (Å²) in [6, 6.07) is 8.48. The summed E-state index contributed by atoms with van der Waals surface area (Å²) < 4.78 is 1.23. The normalized spacial score (nSPS) is 15.6. The van der Waals surface area contributed by atoms with Crippen molar-refractivity contribution in [2.75, 3.05) is 11.5 Å². The number of Topliss-reactive ketones (excluding diaryl/α,β-unsaturated/α-hetero) is 1. The topological polar surface area (TPSA) is 17.1 Å². The van der Waals surface area contributed by atoms with Gasteiger partial charge in [-0.3, -0.25) is 4.79 Å². The van der Waals surface area contributed by atoms with Crippen LogP contribution in [0.5, 0.6) is 0 Å². The van der Waals surface area contributed by atoms with Crippen molar-refractivity contribution < 1.29 is 4.79 Å². The minimum absolute atomic E-state index is 0.207. The highest BCUT2D eigenvalue weighted by atomic mass is 32.2. The molecule has 1 nitrogen and oxygen atoms in total. The lowest BCUT2D eigenvalue weighted by atomic mass is 10.0. The number of hydrogen-bond acceptors (Lipinski definition) is 3. The number of aryl methyl sites for hydroxylation is 1. The van der Waals surface area contributed by atoms with Gasteiger partial charge in [0.1, 0.15) is 0 Å². The van der Waals surface area contributed by atoms with Gasteiger partial charge in [0.2, 0.25) is 0 Å². The van der Waals surface area contributed by atoms with Gasteiger partial charge in [0.25, 0.3) is 0 Å². The summed E-state index contributed by atoms with van der Waals surface area (Å²) in [5.41, 5.74) is 4.69. The molecule has 0 N–H and O–H groups in total. The van der Waals surface area contributed by atoms with Crippen LogP contribution >= 0.6 is 23.5 Å². The molecular weight excluding hydrogens is 284 g/mol. The van der Waals surface area contributed by atoms with Crippen LogP contribution < -0.4 is 0 Å². The third-order valence-corrected chi connectivity index (χ3v) is 5.97. The van der Waals surface area contributed by atoms with Crippen LogP contribution in [0.4, 0.5) is 0 Å². The fourth-order valence-electron chi connectivity index (χ4n) is 2.10. The summed E-state index contributed by atoms with van der Waals surface area (Å²) in [7, 11) is 0. The summed E-state index contributed by atoms with van der Waals surface area (Å²) in [6.07, 6.45) is 2.94. The van der Waals surface area contributed by atoms with Crippen molar-refractivity contribution in [3.8, 4) is 0 Å². The molecule has 0 aromatic heterocycles. The van der Waals surface area contributed by atoms with Crippen molar-refractivity contribution in [1.82, 2.24) is 0 Å². The third-order valence-electron chi connectivity index (χ3n) is 3.17. The zero-order chi connectivity index (χ0) is 14.5. The quantitative estimate of drug-likeness (QED) is 0.723. The Kier molecular flexibility index (Phi) is 5.55. The molecule has 0 atom stereocenters. The van der Waals surface area contributed by atoms with Crippen LogP contribution in [0.2, 0.25) is 0 Å². The molecule has 0 spiro atoms. The molecule has 1 aromatic carbocycles. The summed E-state index contributed by atoms with van der Waals surface area (Å²) in [6.45, 7) is 5.88. The number of benzene rings is 1. The maximum absolute atomic E-state index is 11.9. The number of thioether (sulfide) groups is 2. The van der Waals surface area contributed by atoms with Gasteiger partial charge < -0.3 is 0 Å². The molecule has 2 rings (SSSR count). The Morgan fingerprint density at radius 1 is 1.15 bits per heavy atom. The van der Waals surface area contributed by atoms with E-state index in [-0.39, 0.29) is 5.78 Å². The van der Waals surface area contributed by atoms with E-state index in [9.17, 15) is 4.79 Å². The van der Waals surface area contributed by atoms with Crippen LogP contribution in [0.25, 0.3) is 6.08 Å². The summed E-state index contributed by atoms with van der Waals surface area (Å²) in [4.78, 5) is 11.9. The number of rotatable bonds is 4. The van der Waals surface area contributed by atoms with Gasteiger partial charge >= 0.3 is 0 Å². The largest absolute Gasteiger partial charge is 0.295 e. The molecule has 0 amide bonds. The second-order valence-corrected chi connectivity index (χ2v) is 7.57. The highest BCUT2D eigenvalue weighted by molar-refractivity contribution is 8.25. The molecule has 0 saturated carbocycles. The number of allylic oxidation sites excluding steroid dienone is 2. The first-order valence-corrected chi connectivity index (χ1v) is 8.77. The molecule has 1 fully saturated rings. The first-order valence-electron chi connectivity index (χ1n) is 6.80. The SMILES string of the molecule is CC(=O)C(C/C(C)=C/c1ccc(C)cc1)=C1SCCS1. The smallest absolute Gasteiger partial charge is 0.157 e.